The average molecular weight is 701 g/mol. The summed E-state index contributed by atoms with van der Waals surface area (Å²) in [5, 5.41) is 91.5. The highest BCUT2D eigenvalue weighted by Crippen LogP contribution is 2.63. The van der Waals surface area contributed by atoms with Crippen molar-refractivity contribution in [2.75, 3.05) is 0 Å². The Labute approximate surface area is 300 Å². The van der Waals surface area contributed by atoms with Crippen molar-refractivity contribution in [3.63, 3.8) is 0 Å². The lowest BCUT2D eigenvalue weighted by molar-refractivity contribution is 0.350. The molecule has 8 N–H and O–H groups in total. The molecule has 0 aliphatic carbocycles. The van der Waals surface area contributed by atoms with E-state index in [-0.39, 0.29) is 32.7 Å². The summed E-state index contributed by atoms with van der Waals surface area (Å²) in [5.74, 6) is -7.56. The van der Waals surface area contributed by atoms with Gasteiger partial charge in [-0.1, -0.05) is 109 Å². The molecule has 0 radical (unpaired) electrons. The summed E-state index contributed by atoms with van der Waals surface area (Å²) in [5.41, 5.74) is 4.74. The zero-order chi connectivity index (χ0) is 36.7. The van der Waals surface area contributed by atoms with E-state index in [1.807, 2.05) is 60.7 Å². The lowest BCUT2D eigenvalue weighted by atomic mass is 9.81. The zero-order valence-corrected chi connectivity index (χ0v) is 27.5. The number of phenolic OH excluding ortho intramolecular Hbond substituents is 8. The van der Waals surface area contributed by atoms with E-state index in [2.05, 4.69) is 0 Å². The van der Waals surface area contributed by atoms with E-state index >= 15 is 0 Å². The van der Waals surface area contributed by atoms with Crippen LogP contribution in [0.1, 0.15) is 0 Å². The van der Waals surface area contributed by atoms with Crippen LogP contribution < -0.4 is 0 Å². The van der Waals surface area contributed by atoms with Crippen LogP contribution in [0.15, 0.2) is 126 Å². The van der Waals surface area contributed by atoms with Crippen molar-refractivity contribution in [3.8, 4) is 90.5 Å². The molecule has 0 aliphatic heterocycles. The van der Waals surface area contributed by atoms with Gasteiger partial charge in [-0.2, -0.15) is 0 Å². The molecule has 0 saturated carbocycles. The summed E-state index contributed by atoms with van der Waals surface area (Å²) in [6.45, 7) is 0. The highest BCUT2D eigenvalue weighted by Gasteiger charge is 2.33. The van der Waals surface area contributed by atoms with Crippen LogP contribution in [0.2, 0.25) is 0 Å². The average Bonchev–Trinajstić information content (AvgIpc) is 3.59. The lowest BCUT2D eigenvalue weighted by Gasteiger charge is -2.23. The number of phenols is 8. The summed E-state index contributed by atoms with van der Waals surface area (Å²) in [6.07, 6.45) is 0. The van der Waals surface area contributed by atoms with Gasteiger partial charge in [0.25, 0.3) is 0 Å². The fourth-order valence-electron chi connectivity index (χ4n) is 7.57. The monoisotopic (exact) mass is 700 g/mol. The van der Waals surface area contributed by atoms with Gasteiger partial charge in [0.2, 0.25) is 23.0 Å². The number of hydrogen-bond donors (Lipinski definition) is 8. The quantitative estimate of drug-likeness (QED) is 0.0504. The van der Waals surface area contributed by atoms with Crippen molar-refractivity contribution in [1.29, 1.82) is 0 Å². The van der Waals surface area contributed by atoms with E-state index in [1.54, 1.807) is 60.7 Å². The normalized spacial score (nSPS) is 11.6. The Morgan fingerprint density at radius 2 is 0.698 bits per heavy atom. The standard InChI is InChI=1S/C44H28O9/c45-37-33-31(25-12-5-4-11-24(25)23-19-17-22(18-20-23)21-9-2-1-3-10-21)34-36(40(48)44(52)42(50)38(34)46)32(35(33)39(47)43(51)41(37)49)27-14-8-16-29-30(27)26-13-6-7-15-28(26)53-29/h1-20,45-52H. The van der Waals surface area contributed by atoms with E-state index in [9.17, 15) is 40.9 Å². The third kappa shape index (κ3) is 4.44. The Hall–Kier alpha value is -7.52. The maximum absolute atomic E-state index is 11.8. The van der Waals surface area contributed by atoms with Crippen LogP contribution in [0.3, 0.4) is 0 Å². The molecule has 258 valence electrons. The third-order valence-electron chi connectivity index (χ3n) is 9.96. The lowest BCUT2D eigenvalue weighted by Crippen LogP contribution is -1.96. The van der Waals surface area contributed by atoms with Crippen LogP contribution in [-0.2, 0) is 0 Å². The third-order valence-corrected chi connectivity index (χ3v) is 9.96. The van der Waals surface area contributed by atoms with Crippen LogP contribution >= 0.6 is 0 Å². The predicted octanol–water partition coefficient (Wildman–Crippen LogP) is 10.2. The summed E-state index contributed by atoms with van der Waals surface area (Å²) >= 11 is 0. The fraction of sp³-hybridized carbons (Fsp3) is 0. The van der Waals surface area contributed by atoms with Gasteiger partial charge in [-0.15, -0.1) is 0 Å². The largest absolute Gasteiger partial charge is 0.504 e. The van der Waals surface area contributed by atoms with E-state index in [0.717, 1.165) is 11.1 Å². The molecule has 0 spiro atoms. The molecule has 53 heavy (non-hydrogen) atoms. The number of para-hydroxylation sites is 1. The highest BCUT2D eigenvalue weighted by molar-refractivity contribution is 6.31. The number of aromatic hydroxyl groups is 8. The van der Waals surface area contributed by atoms with Crippen LogP contribution in [0.5, 0.6) is 46.0 Å². The second-order valence-corrected chi connectivity index (χ2v) is 12.8. The summed E-state index contributed by atoms with van der Waals surface area (Å²) in [4.78, 5) is 0. The molecule has 0 fully saturated rings. The van der Waals surface area contributed by atoms with Gasteiger partial charge in [-0.3, -0.25) is 0 Å². The maximum Gasteiger partial charge on any atom is 0.204 e. The van der Waals surface area contributed by atoms with Gasteiger partial charge in [0, 0.05) is 43.4 Å². The van der Waals surface area contributed by atoms with E-state index in [1.165, 1.54) is 0 Å². The fourth-order valence-corrected chi connectivity index (χ4v) is 7.57. The molecule has 0 amide bonds. The number of rotatable bonds is 4. The van der Waals surface area contributed by atoms with Crippen molar-refractivity contribution in [2.45, 2.75) is 0 Å². The first-order chi connectivity index (χ1) is 25.7. The molecule has 0 unspecified atom stereocenters. The number of hydrogen-bond acceptors (Lipinski definition) is 9. The van der Waals surface area contributed by atoms with Crippen LogP contribution in [-0.4, -0.2) is 40.9 Å². The first kappa shape index (κ1) is 31.5. The van der Waals surface area contributed by atoms with Gasteiger partial charge in [0.05, 0.1) is 0 Å². The second-order valence-electron chi connectivity index (χ2n) is 12.8. The molecule has 0 saturated heterocycles. The smallest absolute Gasteiger partial charge is 0.204 e. The zero-order valence-electron chi connectivity index (χ0n) is 27.5. The molecule has 9 aromatic rings. The Balaban J connectivity index is 1.49. The van der Waals surface area contributed by atoms with Gasteiger partial charge in [0.15, 0.2) is 23.0 Å². The Morgan fingerprint density at radius 1 is 0.283 bits per heavy atom. The van der Waals surface area contributed by atoms with Crippen LogP contribution in [0.4, 0.5) is 0 Å². The highest BCUT2D eigenvalue weighted by atomic mass is 16.4. The van der Waals surface area contributed by atoms with Crippen molar-refractivity contribution in [3.05, 3.63) is 121 Å². The van der Waals surface area contributed by atoms with E-state index in [4.69, 9.17) is 4.42 Å². The van der Waals surface area contributed by atoms with Gasteiger partial charge >= 0.3 is 0 Å². The van der Waals surface area contributed by atoms with Crippen LogP contribution in [0, 0.1) is 0 Å². The molecular weight excluding hydrogens is 672 g/mol. The summed E-state index contributed by atoms with van der Waals surface area (Å²) in [6, 6.07) is 36.6. The van der Waals surface area contributed by atoms with Crippen molar-refractivity contribution < 1.29 is 45.3 Å². The SMILES string of the molecule is Oc1c(O)c(O)c2c(-c3cccc4oc5ccccc5c34)c3c(O)c(O)c(O)c(O)c3c(-c3ccccc3-c3ccc(-c4ccccc4)cc3)c2c1O. The topological polar surface area (TPSA) is 175 Å². The van der Waals surface area contributed by atoms with Crippen LogP contribution in [0.25, 0.3) is 88.0 Å². The Morgan fingerprint density at radius 3 is 1.28 bits per heavy atom. The molecule has 8 aromatic carbocycles. The molecule has 9 rings (SSSR count). The van der Waals surface area contributed by atoms with Gasteiger partial charge < -0.3 is 45.3 Å². The number of fused-ring (bicyclic) bond motifs is 5. The molecular formula is C44H28O9. The molecule has 1 aromatic heterocycles. The van der Waals surface area contributed by atoms with Crippen molar-refractivity contribution in [2.24, 2.45) is 0 Å². The number of benzene rings is 8. The Kier molecular flexibility index (Phi) is 6.83. The molecule has 1 heterocycles. The summed E-state index contributed by atoms with van der Waals surface area (Å²) in [7, 11) is 0. The van der Waals surface area contributed by atoms with Crippen molar-refractivity contribution >= 4 is 43.5 Å². The minimum Gasteiger partial charge on any atom is -0.504 e. The molecule has 0 bridgehead atoms. The molecule has 9 nitrogen and oxygen atoms in total. The second kappa shape index (κ2) is 11.5. The number of furan rings is 1. The van der Waals surface area contributed by atoms with Crippen molar-refractivity contribution in [1.82, 2.24) is 0 Å². The first-order valence-corrected chi connectivity index (χ1v) is 16.6. The maximum atomic E-state index is 11.8. The predicted molar refractivity (Wildman–Crippen MR) is 204 cm³/mol. The molecule has 9 heteroatoms. The van der Waals surface area contributed by atoms with Gasteiger partial charge in [-0.05, 0) is 45.5 Å². The summed E-state index contributed by atoms with van der Waals surface area (Å²) < 4.78 is 6.12. The van der Waals surface area contributed by atoms with E-state index < -0.39 is 46.0 Å². The van der Waals surface area contributed by atoms with Gasteiger partial charge in [0.1, 0.15) is 11.2 Å². The van der Waals surface area contributed by atoms with E-state index in [0.29, 0.717) is 44.2 Å². The molecule has 0 aliphatic rings. The first-order valence-electron chi connectivity index (χ1n) is 16.6. The van der Waals surface area contributed by atoms with Gasteiger partial charge in [-0.25, -0.2) is 0 Å². The Bertz CT molecular complexity index is 2880. The molecule has 0 atom stereocenters. The minimum atomic E-state index is -1.04. The minimum absolute atomic E-state index is 0.0306.